The smallest absolute Gasteiger partial charge is 0.253 e. The first-order valence-corrected chi connectivity index (χ1v) is 12.1. The monoisotopic (exact) mass is 505 g/mol. The highest BCUT2D eigenvalue weighted by molar-refractivity contribution is 9.10. The van der Waals surface area contributed by atoms with Crippen LogP contribution in [0.3, 0.4) is 0 Å². The van der Waals surface area contributed by atoms with Gasteiger partial charge in [-0.1, -0.05) is 58.4 Å². The molecule has 3 aromatic rings. The van der Waals surface area contributed by atoms with Gasteiger partial charge in [0.15, 0.2) is 0 Å². The maximum atomic E-state index is 13.1. The molecule has 1 aliphatic heterocycles. The molecule has 1 aliphatic rings. The van der Waals surface area contributed by atoms with Gasteiger partial charge in [0.25, 0.3) is 11.8 Å². The van der Waals surface area contributed by atoms with Crippen molar-refractivity contribution in [2.45, 2.75) is 31.8 Å². The fourth-order valence-corrected chi connectivity index (χ4v) is 4.44. The largest absolute Gasteiger partial charge is 0.371 e. The molecule has 1 atom stereocenters. The number of carbonyl (C=O) groups is 2. The van der Waals surface area contributed by atoms with Crippen LogP contribution in [0.25, 0.3) is 0 Å². The van der Waals surface area contributed by atoms with E-state index in [1.165, 1.54) is 0 Å². The highest BCUT2D eigenvalue weighted by atomic mass is 79.9. The summed E-state index contributed by atoms with van der Waals surface area (Å²) in [5, 5.41) is 6.27. The van der Waals surface area contributed by atoms with Gasteiger partial charge in [-0.25, -0.2) is 0 Å². The fourth-order valence-electron chi connectivity index (χ4n) is 4.18. The van der Waals surface area contributed by atoms with E-state index in [-0.39, 0.29) is 23.9 Å². The summed E-state index contributed by atoms with van der Waals surface area (Å²) in [6.07, 6.45) is 1.66. The number of nitrogens with zero attached hydrogens (tertiary/aromatic N) is 1. The number of rotatable bonds is 6. The number of piperidine rings is 1. The van der Waals surface area contributed by atoms with Crippen LogP contribution in [0.4, 0.5) is 5.69 Å². The van der Waals surface area contributed by atoms with Crippen LogP contribution in [0, 0.1) is 0 Å². The third-order valence-electron chi connectivity index (χ3n) is 6.07. The Morgan fingerprint density at radius 1 is 0.879 bits per heavy atom. The van der Waals surface area contributed by atoms with Crippen molar-refractivity contribution in [3.05, 3.63) is 100 Å². The number of halogens is 1. The molecule has 0 saturated carbocycles. The molecular weight excluding hydrogens is 478 g/mol. The summed E-state index contributed by atoms with van der Waals surface area (Å²) >= 11 is 3.40. The van der Waals surface area contributed by atoms with Gasteiger partial charge >= 0.3 is 0 Å². The number of hydrogen-bond donors (Lipinski definition) is 2. The second-order valence-electron chi connectivity index (χ2n) is 8.36. The van der Waals surface area contributed by atoms with E-state index in [0.29, 0.717) is 11.1 Å². The Labute approximate surface area is 203 Å². The second kappa shape index (κ2) is 10.7. The van der Waals surface area contributed by atoms with Crippen molar-refractivity contribution in [3.63, 3.8) is 0 Å². The summed E-state index contributed by atoms with van der Waals surface area (Å²) in [6.45, 7) is 3.56. The van der Waals surface area contributed by atoms with Crippen molar-refractivity contribution < 1.29 is 9.59 Å². The summed E-state index contributed by atoms with van der Waals surface area (Å²) in [5.74, 6) is -0.122. The minimum atomic E-state index is -0.0775. The molecule has 6 heteroatoms. The predicted octanol–water partition coefficient (Wildman–Crippen LogP) is 5.34. The SMILES string of the molecule is C[C@H](NC(=O)c1ccccc1N1CCC(NC(=O)c2ccc(Br)cc2)CC1)c1ccccc1. The molecule has 0 bridgehead atoms. The first-order chi connectivity index (χ1) is 16.0. The molecule has 3 aromatic carbocycles. The van der Waals surface area contributed by atoms with Gasteiger partial charge in [-0.15, -0.1) is 0 Å². The molecule has 170 valence electrons. The minimum Gasteiger partial charge on any atom is -0.371 e. The molecule has 2 N–H and O–H groups in total. The van der Waals surface area contributed by atoms with Crippen molar-refractivity contribution in [2.75, 3.05) is 18.0 Å². The molecule has 0 aliphatic carbocycles. The molecule has 2 amide bonds. The third kappa shape index (κ3) is 5.82. The zero-order valence-electron chi connectivity index (χ0n) is 18.6. The van der Waals surface area contributed by atoms with E-state index >= 15 is 0 Å². The van der Waals surface area contributed by atoms with E-state index in [1.807, 2.05) is 85.8 Å². The lowest BCUT2D eigenvalue weighted by atomic mass is 10.0. The number of carbonyl (C=O) groups excluding carboxylic acids is 2. The van der Waals surface area contributed by atoms with E-state index in [2.05, 4.69) is 31.5 Å². The summed E-state index contributed by atoms with van der Waals surface area (Å²) < 4.78 is 0.952. The molecule has 0 unspecified atom stereocenters. The van der Waals surface area contributed by atoms with Crippen molar-refractivity contribution in [1.29, 1.82) is 0 Å². The topological polar surface area (TPSA) is 61.4 Å². The number of benzene rings is 3. The average molecular weight is 506 g/mol. The Morgan fingerprint density at radius 2 is 1.52 bits per heavy atom. The lowest BCUT2D eigenvalue weighted by Gasteiger charge is -2.35. The number of hydrogen-bond acceptors (Lipinski definition) is 3. The van der Waals surface area contributed by atoms with E-state index < -0.39 is 0 Å². The van der Waals surface area contributed by atoms with Crippen LogP contribution >= 0.6 is 15.9 Å². The normalized spacial score (nSPS) is 15.0. The Morgan fingerprint density at radius 3 is 2.21 bits per heavy atom. The maximum absolute atomic E-state index is 13.1. The van der Waals surface area contributed by atoms with Crippen molar-refractivity contribution in [3.8, 4) is 0 Å². The lowest BCUT2D eigenvalue weighted by Crippen LogP contribution is -2.45. The summed E-state index contributed by atoms with van der Waals surface area (Å²) in [4.78, 5) is 27.9. The Bertz CT molecular complexity index is 1090. The summed E-state index contributed by atoms with van der Waals surface area (Å²) in [6, 6.07) is 25.1. The van der Waals surface area contributed by atoms with Gasteiger partial charge < -0.3 is 15.5 Å². The number of amides is 2. The van der Waals surface area contributed by atoms with Crippen molar-refractivity contribution in [2.24, 2.45) is 0 Å². The van der Waals surface area contributed by atoms with Gasteiger partial charge in [-0.3, -0.25) is 9.59 Å². The van der Waals surface area contributed by atoms with Crippen LogP contribution < -0.4 is 15.5 Å². The number of para-hydroxylation sites is 1. The third-order valence-corrected chi connectivity index (χ3v) is 6.60. The number of anilines is 1. The molecule has 5 nitrogen and oxygen atoms in total. The highest BCUT2D eigenvalue weighted by Gasteiger charge is 2.24. The Balaban J connectivity index is 1.37. The van der Waals surface area contributed by atoms with Crippen LogP contribution in [-0.2, 0) is 0 Å². The molecule has 1 heterocycles. The van der Waals surface area contributed by atoms with Crippen LogP contribution in [0.5, 0.6) is 0 Å². The van der Waals surface area contributed by atoms with E-state index in [1.54, 1.807) is 0 Å². The molecule has 0 radical (unpaired) electrons. The van der Waals surface area contributed by atoms with Crippen LogP contribution in [-0.4, -0.2) is 30.9 Å². The van der Waals surface area contributed by atoms with Gasteiger partial charge in [0.2, 0.25) is 0 Å². The van der Waals surface area contributed by atoms with Crippen LogP contribution in [0.1, 0.15) is 52.1 Å². The molecule has 4 rings (SSSR count). The Hall–Kier alpha value is -3.12. The van der Waals surface area contributed by atoms with E-state index in [4.69, 9.17) is 0 Å². The first-order valence-electron chi connectivity index (χ1n) is 11.3. The first kappa shape index (κ1) is 23.1. The van der Waals surface area contributed by atoms with Gasteiger partial charge in [0, 0.05) is 34.9 Å². The predicted molar refractivity (Wildman–Crippen MR) is 136 cm³/mol. The molecular formula is C27H28BrN3O2. The maximum Gasteiger partial charge on any atom is 0.253 e. The zero-order valence-corrected chi connectivity index (χ0v) is 20.2. The lowest BCUT2D eigenvalue weighted by molar-refractivity contribution is 0.0928. The molecule has 33 heavy (non-hydrogen) atoms. The van der Waals surface area contributed by atoms with Gasteiger partial charge in [0.1, 0.15) is 0 Å². The molecule has 0 aromatic heterocycles. The van der Waals surface area contributed by atoms with Gasteiger partial charge in [0.05, 0.1) is 11.6 Å². The minimum absolute atomic E-state index is 0.0457. The molecule has 1 fully saturated rings. The molecule has 0 spiro atoms. The highest BCUT2D eigenvalue weighted by Crippen LogP contribution is 2.25. The summed E-state index contributed by atoms with van der Waals surface area (Å²) in [5.41, 5.74) is 3.35. The van der Waals surface area contributed by atoms with Crippen LogP contribution in [0.15, 0.2) is 83.3 Å². The number of nitrogens with one attached hydrogen (secondary N) is 2. The molecule has 1 saturated heterocycles. The van der Waals surface area contributed by atoms with Crippen molar-refractivity contribution in [1.82, 2.24) is 10.6 Å². The fraction of sp³-hybridized carbons (Fsp3) is 0.259. The quantitative estimate of drug-likeness (QED) is 0.475. The zero-order chi connectivity index (χ0) is 23.2. The van der Waals surface area contributed by atoms with E-state index in [9.17, 15) is 9.59 Å². The Kier molecular flexibility index (Phi) is 7.45. The standard InChI is InChI=1S/C27H28BrN3O2/c1-19(20-7-3-2-4-8-20)29-27(33)24-9-5-6-10-25(24)31-17-15-23(16-18-31)30-26(32)21-11-13-22(28)14-12-21/h2-14,19,23H,15-18H2,1H3,(H,29,33)(H,30,32)/t19-/m0/s1. The van der Waals surface area contributed by atoms with E-state index in [0.717, 1.165) is 41.7 Å². The second-order valence-corrected chi connectivity index (χ2v) is 9.28. The average Bonchev–Trinajstić information content (AvgIpc) is 2.85. The van der Waals surface area contributed by atoms with Crippen LogP contribution in [0.2, 0.25) is 0 Å². The van der Waals surface area contributed by atoms with Gasteiger partial charge in [-0.05, 0) is 61.7 Å². The van der Waals surface area contributed by atoms with Crippen molar-refractivity contribution >= 4 is 33.4 Å². The summed E-state index contributed by atoms with van der Waals surface area (Å²) in [7, 11) is 0. The van der Waals surface area contributed by atoms with Gasteiger partial charge in [-0.2, -0.15) is 0 Å².